The highest BCUT2D eigenvalue weighted by Crippen LogP contribution is 2.27. The number of aromatic nitrogens is 2. The van der Waals surface area contributed by atoms with E-state index in [9.17, 15) is 19.3 Å². The molecule has 4 aromatic rings. The molecule has 0 aliphatic heterocycles. The number of hydrogen-bond acceptors (Lipinski definition) is 4. The molecule has 8 heteroatoms. The lowest BCUT2D eigenvalue weighted by Crippen LogP contribution is -2.23. The zero-order valence-corrected chi connectivity index (χ0v) is 16.1. The number of rotatable bonds is 4. The van der Waals surface area contributed by atoms with Crippen LogP contribution in [0.3, 0.4) is 0 Å². The molecular formula is C22H13ClFN3O3. The van der Waals surface area contributed by atoms with Gasteiger partial charge in [0.05, 0.1) is 15.8 Å². The first-order valence-corrected chi connectivity index (χ1v) is 9.21. The highest BCUT2D eigenvalue weighted by Gasteiger charge is 2.20. The normalized spacial score (nSPS) is 11.3. The molecule has 0 fully saturated rings. The van der Waals surface area contributed by atoms with E-state index in [4.69, 9.17) is 11.6 Å². The molecule has 30 heavy (non-hydrogen) atoms. The Balaban J connectivity index is 1.99. The second-order valence-electron chi connectivity index (χ2n) is 6.40. The van der Waals surface area contributed by atoms with E-state index in [0.29, 0.717) is 16.5 Å². The topological polar surface area (TPSA) is 78.0 Å². The lowest BCUT2D eigenvalue weighted by molar-refractivity contribution is -0.384. The lowest BCUT2D eigenvalue weighted by atomic mass is 10.2. The van der Waals surface area contributed by atoms with Crippen LogP contribution in [0.4, 0.5) is 10.1 Å². The van der Waals surface area contributed by atoms with Crippen LogP contribution in [0.15, 0.2) is 71.5 Å². The van der Waals surface area contributed by atoms with Crippen LogP contribution in [-0.4, -0.2) is 14.5 Å². The number of para-hydroxylation sites is 1. The van der Waals surface area contributed by atoms with Gasteiger partial charge in [0.2, 0.25) is 0 Å². The summed E-state index contributed by atoms with van der Waals surface area (Å²) in [5.74, 6) is -0.182. The Morgan fingerprint density at radius 1 is 1.03 bits per heavy atom. The van der Waals surface area contributed by atoms with Crippen molar-refractivity contribution >= 4 is 40.3 Å². The molecule has 0 spiro atoms. The van der Waals surface area contributed by atoms with Crippen molar-refractivity contribution in [3.63, 3.8) is 0 Å². The second-order valence-corrected chi connectivity index (χ2v) is 6.84. The van der Waals surface area contributed by atoms with Crippen molar-refractivity contribution in [1.29, 1.82) is 0 Å². The molecule has 0 aliphatic carbocycles. The Labute approximate surface area is 174 Å². The fourth-order valence-corrected chi connectivity index (χ4v) is 3.24. The monoisotopic (exact) mass is 421 g/mol. The molecule has 0 bridgehead atoms. The Kier molecular flexibility index (Phi) is 5.12. The van der Waals surface area contributed by atoms with Crippen molar-refractivity contribution in [2.75, 3.05) is 0 Å². The molecule has 148 valence electrons. The maximum absolute atomic E-state index is 13.2. The van der Waals surface area contributed by atoms with Gasteiger partial charge in [-0.3, -0.25) is 19.5 Å². The number of hydrogen-bond donors (Lipinski definition) is 0. The summed E-state index contributed by atoms with van der Waals surface area (Å²) in [6.07, 6.45) is 3.20. The predicted octanol–water partition coefficient (Wildman–Crippen LogP) is 5.26. The van der Waals surface area contributed by atoms with Gasteiger partial charge in [-0.05, 0) is 48.0 Å². The third-order valence-corrected chi connectivity index (χ3v) is 4.71. The molecule has 1 aromatic heterocycles. The minimum Gasteiger partial charge on any atom is -0.268 e. The van der Waals surface area contributed by atoms with E-state index in [-0.39, 0.29) is 28.0 Å². The lowest BCUT2D eigenvalue weighted by Gasteiger charge is -2.12. The predicted molar refractivity (Wildman–Crippen MR) is 114 cm³/mol. The fourth-order valence-electron chi connectivity index (χ4n) is 3.07. The second kappa shape index (κ2) is 7.88. The van der Waals surface area contributed by atoms with Crippen LogP contribution < -0.4 is 5.56 Å². The van der Waals surface area contributed by atoms with E-state index in [1.807, 2.05) is 0 Å². The standard InChI is InChI=1S/C22H13ClFN3O3/c23-15-8-11-19(20(13-15)27(29)30)26-21(12-7-14-5-9-16(24)10-6-14)25-18-4-2-1-3-17(18)22(26)28/h1-13H. The molecule has 0 amide bonds. The average molecular weight is 422 g/mol. The molecule has 0 aliphatic rings. The molecule has 3 aromatic carbocycles. The summed E-state index contributed by atoms with van der Waals surface area (Å²) < 4.78 is 14.3. The first kappa shape index (κ1) is 19.5. The molecule has 0 N–H and O–H groups in total. The first-order chi connectivity index (χ1) is 14.4. The van der Waals surface area contributed by atoms with Crippen LogP contribution >= 0.6 is 11.6 Å². The average Bonchev–Trinajstić information content (AvgIpc) is 2.74. The van der Waals surface area contributed by atoms with E-state index in [2.05, 4.69) is 4.98 Å². The van der Waals surface area contributed by atoms with Gasteiger partial charge >= 0.3 is 0 Å². The number of halogens is 2. The minimum absolute atomic E-state index is 0.0476. The van der Waals surface area contributed by atoms with Crippen molar-refractivity contribution in [2.24, 2.45) is 0 Å². The highest BCUT2D eigenvalue weighted by molar-refractivity contribution is 6.30. The van der Waals surface area contributed by atoms with Crippen molar-refractivity contribution in [3.8, 4) is 5.69 Å². The van der Waals surface area contributed by atoms with E-state index >= 15 is 0 Å². The smallest absolute Gasteiger partial charge is 0.268 e. The third-order valence-electron chi connectivity index (χ3n) is 4.47. The van der Waals surface area contributed by atoms with Crippen LogP contribution in [0.2, 0.25) is 5.02 Å². The molecule has 0 saturated heterocycles. The van der Waals surface area contributed by atoms with Gasteiger partial charge in [-0.1, -0.05) is 41.9 Å². The zero-order chi connectivity index (χ0) is 21.3. The number of fused-ring (bicyclic) bond motifs is 1. The summed E-state index contributed by atoms with van der Waals surface area (Å²) >= 11 is 5.92. The van der Waals surface area contributed by atoms with Crippen LogP contribution in [0.5, 0.6) is 0 Å². The van der Waals surface area contributed by atoms with Crippen LogP contribution in [0.1, 0.15) is 11.4 Å². The molecule has 6 nitrogen and oxygen atoms in total. The van der Waals surface area contributed by atoms with Gasteiger partial charge in [-0.2, -0.15) is 0 Å². The van der Waals surface area contributed by atoms with Gasteiger partial charge in [-0.15, -0.1) is 0 Å². The molecular weight excluding hydrogens is 409 g/mol. The first-order valence-electron chi connectivity index (χ1n) is 8.84. The van der Waals surface area contributed by atoms with E-state index in [1.165, 1.54) is 34.9 Å². The SMILES string of the molecule is O=c1c2ccccc2nc(C=Cc2ccc(F)cc2)n1-c1ccc(Cl)cc1[N+](=O)[O-]. The molecule has 1 heterocycles. The maximum Gasteiger partial charge on any atom is 0.294 e. The summed E-state index contributed by atoms with van der Waals surface area (Å²) in [6.45, 7) is 0. The van der Waals surface area contributed by atoms with Crippen molar-refractivity contribution in [2.45, 2.75) is 0 Å². The van der Waals surface area contributed by atoms with Crippen LogP contribution in [-0.2, 0) is 0 Å². The summed E-state index contributed by atoms with van der Waals surface area (Å²) in [5.41, 5.74) is 0.402. The molecule has 4 rings (SSSR count). The van der Waals surface area contributed by atoms with E-state index < -0.39 is 10.5 Å². The summed E-state index contributed by atoms with van der Waals surface area (Å²) in [4.78, 5) is 28.8. The van der Waals surface area contributed by atoms with E-state index in [0.717, 1.165) is 0 Å². The maximum atomic E-state index is 13.2. The molecule has 0 radical (unpaired) electrons. The molecule has 0 unspecified atom stereocenters. The van der Waals surface area contributed by atoms with Crippen LogP contribution in [0.25, 0.3) is 28.7 Å². The fraction of sp³-hybridized carbons (Fsp3) is 0. The molecule has 0 saturated carbocycles. The van der Waals surface area contributed by atoms with Crippen LogP contribution in [0, 0.1) is 15.9 Å². The Morgan fingerprint density at radius 2 is 1.77 bits per heavy atom. The van der Waals surface area contributed by atoms with Gasteiger partial charge in [0.15, 0.2) is 0 Å². The van der Waals surface area contributed by atoms with Gasteiger partial charge in [-0.25, -0.2) is 9.37 Å². The zero-order valence-electron chi connectivity index (χ0n) is 15.3. The summed E-state index contributed by atoms with van der Waals surface area (Å²) in [7, 11) is 0. The Bertz CT molecular complexity index is 1360. The highest BCUT2D eigenvalue weighted by atomic mass is 35.5. The van der Waals surface area contributed by atoms with Crippen molar-refractivity contribution < 1.29 is 9.31 Å². The van der Waals surface area contributed by atoms with Gasteiger partial charge < -0.3 is 0 Å². The quantitative estimate of drug-likeness (QED) is 0.333. The third kappa shape index (κ3) is 3.70. The number of nitro benzene ring substituents is 1. The van der Waals surface area contributed by atoms with Crippen molar-refractivity contribution in [3.05, 3.63) is 109 Å². The van der Waals surface area contributed by atoms with Gasteiger partial charge in [0.25, 0.3) is 11.2 Å². The van der Waals surface area contributed by atoms with Crippen molar-refractivity contribution in [1.82, 2.24) is 9.55 Å². The largest absolute Gasteiger partial charge is 0.294 e. The Morgan fingerprint density at radius 3 is 2.50 bits per heavy atom. The molecule has 0 atom stereocenters. The minimum atomic E-state index is -0.601. The van der Waals surface area contributed by atoms with E-state index in [1.54, 1.807) is 48.6 Å². The number of benzene rings is 3. The van der Waals surface area contributed by atoms with Gasteiger partial charge in [0.1, 0.15) is 17.3 Å². The summed E-state index contributed by atoms with van der Waals surface area (Å²) in [5, 5.41) is 12.1. The van der Waals surface area contributed by atoms with Gasteiger partial charge in [0, 0.05) is 11.1 Å². The number of nitro groups is 1. The Hall–Kier alpha value is -3.84. The summed E-state index contributed by atoms with van der Waals surface area (Å²) in [6, 6.07) is 16.6. The number of nitrogens with zero attached hydrogens (tertiary/aromatic N) is 3.